The van der Waals surface area contributed by atoms with E-state index >= 15 is 0 Å². The van der Waals surface area contributed by atoms with E-state index in [0.717, 1.165) is 30.2 Å². The molecule has 0 saturated heterocycles. The van der Waals surface area contributed by atoms with Crippen LogP contribution in [0.1, 0.15) is 31.7 Å². The van der Waals surface area contributed by atoms with E-state index in [0.29, 0.717) is 58.6 Å². The molecule has 4 rings (SSSR count). The molecule has 0 spiro atoms. The highest BCUT2D eigenvalue weighted by atomic mass is 32.2. The molecular weight excluding hydrogens is 536 g/mol. The molecule has 11 nitrogen and oxygen atoms in total. The molecule has 2 heterocycles. The number of hydrogen-bond acceptors (Lipinski definition) is 9. The van der Waals surface area contributed by atoms with Gasteiger partial charge in [-0.3, -0.25) is 19.0 Å². The Hall–Kier alpha value is -3.93. The summed E-state index contributed by atoms with van der Waals surface area (Å²) in [5, 5.41) is 6.49. The first-order valence-corrected chi connectivity index (χ1v) is 14.1. The third-order valence-electron chi connectivity index (χ3n) is 6.34. The van der Waals surface area contributed by atoms with E-state index in [1.54, 1.807) is 26.4 Å². The summed E-state index contributed by atoms with van der Waals surface area (Å²) in [6, 6.07) is 8.89. The molecular formula is C28H34N4O7S. The van der Waals surface area contributed by atoms with Gasteiger partial charge in [-0.25, -0.2) is 4.98 Å². The minimum absolute atomic E-state index is 0.0693. The number of nitrogens with zero attached hydrogens (tertiary/aromatic N) is 2. The molecule has 214 valence electrons. The number of unbranched alkanes of at least 4 members (excludes halogenated alkanes) is 1. The number of carbonyl (C=O) groups excluding carboxylic acids is 2. The molecule has 1 aliphatic heterocycles. The number of fused-ring (bicyclic) bond motifs is 2. The highest BCUT2D eigenvalue weighted by molar-refractivity contribution is 7.99. The number of thioether (sulfide) groups is 1. The topological polar surface area (TPSA) is 130 Å². The number of aromatic nitrogens is 2. The maximum Gasteiger partial charge on any atom is 0.262 e. The second-order valence-corrected chi connectivity index (χ2v) is 10.0. The van der Waals surface area contributed by atoms with Crippen molar-refractivity contribution >= 4 is 34.5 Å². The molecule has 0 fully saturated rings. The number of nitrogens with one attached hydrogen (secondary N) is 2. The van der Waals surface area contributed by atoms with Gasteiger partial charge in [0.1, 0.15) is 0 Å². The van der Waals surface area contributed by atoms with Crippen molar-refractivity contribution in [2.45, 2.75) is 44.3 Å². The maximum atomic E-state index is 13.5. The molecule has 0 saturated carbocycles. The first-order chi connectivity index (χ1) is 19.4. The summed E-state index contributed by atoms with van der Waals surface area (Å²) in [7, 11) is 3.15. The van der Waals surface area contributed by atoms with Crippen molar-refractivity contribution in [2.75, 3.05) is 39.9 Å². The fourth-order valence-corrected chi connectivity index (χ4v) is 5.02. The van der Waals surface area contributed by atoms with E-state index in [9.17, 15) is 14.4 Å². The minimum Gasteiger partial charge on any atom is -0.493 e. The number of rotatable bonds is 14. The largest absolute Gasteiger partial charge is 0.493 e. The molecule has 12 heteroatoms. The lowest BCUT2D eigenvalue weighted by Gasteiger charge is -2.14. The van der Waals surface area contributed by atoms with Crippen LogP contribution < -0.4 is 35.1 Å². The second-order valence-electron chi connectivity index (χ2n) is 9.11. The first kappa shape index (κ1) is 29.1. The van der Waals surface area contributed by atoms with Crippen LogP contribution in [-0.2, 0) is 22.6 Å². The van der Waals surface area contributed by atoms with Gasteiger partial charge >= 0.3 is 0 Å². The number of hydrogen-bond donors (Lipinski definition) is 2. The van der Waals surface area contributed by atoms with Crippen LogP contribution in [0.25, 0.3) is 10.9 Å². The smallest absolute Gasteiger partial charge is 0.262 e. The van der Waals surface area contributed by atoms with Gasteiger partial charge in [0.2, 0.25) is 18.6 Å². The quantitative estimate of drug-likeness (QED) is 0.171. The summed E-state index contributed by atoms with van der Waals surface area (Å²) >= 11 is 1.16. The highest BCUT2D eigenvalue weighted by Gasteiger charge is 2.20. The van der Waals surface area contributed by atoms with E-state index in [4.69, 9.17) is 18.9 Å². The lowest BCUT2D eigenvalue weighted by atomic mass is 10.1. The highest BCUT2D eigenvalue weighted by Crippen LogP contribution is 2.35. The first-order valence-electron chi connectivity index (χ1n) is 13.1. The van der Waals surface area contributed by atoms with Crippen molar-refractivity contribution in [3.8, 4) is 23.0 Å². The molecule has 3 aromatic rings. The van der Waals surface area contributed by atoms with Crippen LogP contribution in [-0.4, -0.2) is 61.2 Å². The molecule has 1 aliphatic rings. The summed E-state index contributed by atoms with van der Waals surface area (Å²) in [5.41, 5.74) is 1.12. The number of amides is 2. The Labute approximate surface area is 236 Å². The normalized spacial score (nSPS) is 11.9. The molecule has 1 aromatic heterocycles. The standard InChI is InChI=1S/C28H34N4O7S/c1-4-5-10-29-26(34)16-40-28-31-20-15-24-23(38-17-39-24)14-19(20)27(35)32(28)12-9-25(33)30-11-8-18-6-7-21(36-2)22(13-18)37-3/h6-7,13-15H,4-5,8-12,16-17H2,1-3H3,(H,29,34)(H,30,33). The molecule has 0 aliphatic carbocycles. The predicted octanol–water partition coefficient (Wildman–Crippen LogP) is 2.90. The fraction of sp³-hybridized carbons (Fsp3) is 0.429. The van der Waals surface area contributed by atoms with Gasteiger partial charge in [-0.2, -0.15) is 0 Å². The minimum atomic E-state index is -0.310. The summed E-state index contributed by atoms with van der Waals surface area (Å²) < 4.78 is 22.9. The van der Waals surface area contributed by atoms with Crippen molar-refractivity contribution in [1.82, 2.24) is 20.2 Å². The molecule has 40 heavy (non-hydrogen) atoms. The molecule has 2 amide bonds. The number of benzene rings is 2. The Kier molecular flexibility index (Phi) is 10.1. The summed E-state index contributed by atoms with van der Waals surface area (Å²) in [6.07, 6.45) is 2.54. The van der Waals surface area contributed by atoms with Crippen molar-refractivity contribution in [1.29, 1.82) is 0 Å². The Bertz CT molecular complexity index is 1430. The van der Waals surface area contributed by atoms with E-state index < -0.39 is 0 Å². The lowest BCUT2D eigenvalue weighted by Crippen LogP contribution is -2.30. The number of carbonyl (C=O) groups is 2. The summed E-state index contributed by atoms with van der Waals surface area (Å²) in [4.78, 5) is 43.1. The predicted molar refractivity (Wildman–Crippen MR) is 152 cm³/mol. The molecule has 2 aromatic carbocycles. The maximum absolute atomic E-state index is 13.5. The van der Waals surface area contributed by atoms with Crippen molar-refractivity contribution in [2.24, 2.45) is 0 Å². The third-order valence-corrected chi connectivity index (χ3v) is 7.32. The van der Waals surface area contributed by atoms with Gasteiger partial charge in [0, 0.05) is 32.1 Å². The Morgan fingerprint density at radius 2 is 1.77 bits per heavy atom. The Balaban J connectivity index is 1.44. The van der Waals surface area contributed by atoms with E-state index in [1.807, 2.05) is 18.2 Å². The summed E-state index contributed by atoms with van der Waals surface area (Å²) in [5.74, 6) is 2.01. The van der Waals surface area contributed by atoms with Gasteiger partial charge in [-0.15, -0.1) is 0 Å². The zero-order valence-corrected chi connectivity index (χ0v) is 23.7. The van der Waals surface area contributed by atoms with Gasteiger partial charge in [-0.1, -0.05) is 31.2 Å². The van der Waals surface area contributed by atoms with Crippen molar-refractivity contribution in [3.05, 3.63) is 46.2 Å². The number of methoxy groups -OCH3 is 2. The number of ether oxygens (including phenoxy) is 4. The zero-order chi connectivity index (χ0) is 28.5. The average Bonchev–Trinajstić information content (AvgIpc) is 3.42. The van der Waals surface area contributed by atoms with Gasteiger partial charge in [0.05, 0.1) is 30.9 Å². The van der Waals surface area contributed by atoms with E-state index in [-0.39, 0.29) is 42.9 Å². The van der Waals surface area contributed by atoms with Crippen LogP contribution in [0.5, 0.6) is 23.0 Å². The second kappa shape index (κ2) is 13.9. The van der Waals surface area contributed by atoms with Crippen LogP contribution in [0.4, 0.5) is 0 Å². The molecule has 0 atom stereocenters. The van der Waals surface area contributed by atoms with Crippen LogP contribution in [0, 0.1) is 0 Å². The van der Waals surface area contributed by atoms with E-state index in [1.165, 1.54) is 4.57 Å². The van der Waals surface area contributed by atoms with Crippen LogP contribution in [0.2, 0.25) is 0 Å². The van der Waals surface area contributed by atoms with Crippen molar-refractivity contribution in [3.63, 3.8) is 0 Å². The van der Waals surface area contributed by atoms with Crippen LogP contribution in [0.3, 0.4) is 0 Å². The Morgan fingerprint density at radius 3 is 2.52 bits per heavy atom. The lowest BCUT2D eigenvalue weighted by molar-refractivity contribution is -0.121. The van der Waals surface area contributed by atoms with E-state index in [2.05, 4.69) is 22.5 Å². The Morgan fingerprint density at radius 1 is 1.02 bits per heavy atom. The third kappa shape index (κ3) is 7.17. The molecule has 0 unspecified atom stereocenters. The molecule has 2 N–H and O–H groups in total. The fourth-order valence-electron chi connectivity index (χ4n) is 4.17. The van der Waals surface area contributed by atoms with Gasteiger partial charge in [0.25, 0.3) is 5.56 Å². The monoisotopic (exact) mass is 570 g/mol. The van der Waals surface area contributed by atoms with Gasteiger partial charge < -0.3 is 29.6 Å². The average molecular weight is 571 g/mol. The van der Waals surface area contributed by atoms with Gasteiger partial charge in [-0.05, 0) is 36.6 Å². The van der Waals surface area contributed by atoms with Crippen LogP contribution in [0.15, 0.2) is 40.3 Å². The SMILES string of the molecule is CCCCNC(=O)CSc1nc2cc3c(cc2c(=O)n1CCC(=O)NCCc1ccc(OC)c(OC)c1)OCO3. The zero-order valence-electron chi connectivity index (χ0n) is 22.9. The van der Waals surface area contributed by atoms with Crippen molar-refractivity contribution < 1.29 is 28.5 Å². The van der Waals surface area contributed by atoms with Crippen LogP contribution >= 0.6 is 11.8 Å². The van der Waals surface area contributed by atoms with Gasteiger partial charge in [0.15, 0.2) is 28.2 Å². The molecule has 0 bridgehead atoms. The summed E-state index contributed by atoms with van der Waals surface area (Å²) in [6.45, 7) is 3.25. The molecule has 0 radical (unpaired) electrons.